The molecule has 5 rings (SSSR count). The lowest BCUT2D eigenvalue weighted by molar-refractivity contribution is -0.127. The van der Waals surface area contributed by atoms with Gasteiger partial charge < -0.3 is 19.9 Å². The number of hydrogen-bond donors (Lipinski definition) is 1. The number of carbonyl (C=O) groups is 1. The van der Waals surface area contributed by atoms with Crippen LogP contribution < -0.4 is 10.5 Å². The van der Waals surface area contributed by atoms with Crippen LogP contribution >= 0.6 is 0 Å². The first-order chi connectivity index (χ1) is 19.6. The molecular formula is C31H30F2N6O2. The fourth-order valence-corrected chi connectivity index (χ4v) is 5.15. The summed E-state index contributed by atoms with van der Waals surface area (Å²) >= 11 is 0. The smallest absolute Gasteiger partial charge is 0.264 e. The minimum Gasteiger partial charge on any atom is -0.454 e. The van der Waals surface area contributed by atoms with Gasteiger partial charge in [0.25, 0.3) is 5.91 Å². The number of carbonyl (C=O) groups excluding carboxylic acids is 1. The Balaban J connectivity index is 1.44. The number of halogens is 2. The van der Waals surface area contributed by atoms with Gasteiger partial charge in [-0.2, -0.15) is 9.65 Å². The molecule has 0 unspecified atom stereocenters. The van der Waals surface area contributed by atoms with Crippen LogP contribution in [0.25, 0.3) is 22.2 Å². The number of nitrogens with zero attached hydrogens (tertiary/aromatic N) is 5. The van der Waals surface area contributed by atoms with Gasteiger partial charge in [-0.15, -0.1) is 0 Å². The van der Waals surface area contributed by atoms with Crippen molar-refractivity contribution in [2.45, 2.75) is 46.2 Å². The Morgan fingerprint density at radius 2 is 1.95 bits per heavy atom. The molecule has 3 heterocycles. The van der Waals surface area contributed by atoms with Crippen molar-refractivity contribution in [3.05, 3.63) is 78.3 Å². The number of fused-ring (bicyclic) bond motifs is 1. The number of benzene rings is 2. The zero-order valence-corrected chi connectivity index (χ0v) is 23.1. The number of nitrogen functional groups attached to an aromatic ring is 1. The predicted octanol–water partition coefficient (Wildman–Crippen LogP) is 6.24. The number of aromatic nitrogens is 3. The van der Waals surface area contributed by atoms with Gasteiger partial charge in [-0.1, -0.05) is 45.0 Å². The molecule has 4 aromatic rings. The summed E-state index contributed by atoms with van der Waals surface area (Å²) in [5.74, 6) is -1.87. The molecule has 0 bridgehead atoms. The Bertz CT molecular complexity index is 1680. The van der Waals surface area contributed by atoms with E-state index in [1.165, 1.54) is 18.5 Å². The van der Waals surface area contributed by atoms with Crippen LogP contribution in [-0.4, -0.2) is 37.9 Å². The van der Waals surface area contributed by atoms with Gasteiger partial charge in [0, 0.05) is 24.8 Å². The summed E-state index contributed by atoms with van der Waals surface area (Å²) in [6.45, 7) is 6.90. The van der Waals surface area contributed by atoms with Crippen molar-refractivity contribution >= 4 is 22.8 Å². The van der Waals surface area contributed by atoms with Crippen LogP contribution in [0, 0.1) is 28.4 Å². The van der Waals surface area contributed by atoms with E-state index in [0.29, 0.717) is 35.7 Å². The molecule has 1 aliphatic rings. The fraction of sp³-hybridized carbons (Fsp3) is 0.290. The molecule has 1 aliphatic heterocycles. The summed E-state index contributed by atoms with van der Waals surface area (Å²) in [7, 11) is 0. The van der Waals surface area contributed by atoms with E-state index in [1.807, 2.05) is 31.5 Å². The third-order valence-corrected chi connectivity index (χ3v) is 6.97. The van der Waals surface area contributed by atoms with E-state index in [4.69, 9.17) is 10.5 Å². The van der Waals surface area contributed by atoms with E-state index in [9.17, 15) is 18.8 Å². The largest absolute Gasteiger partial charge is 0.454 e. The lowest BCUT2D eigenvalue weighted by Gasteiger charge is -2.26. The highest BCUT2D eigenvalue weighted by Crippen LogP contribution is 2.35. The third kappa shape index (κ3) is 5.75. The zero-order valence-electron chi connectivity index (χ0n) is 23.1. The molecule has 210 valence electrons. The molecule has 8 nitrogen and oxygen atoms in total. The summed E-state index contributed by atoms with van der Waals surface area (Å²) in [5.41, 5.74) is 8.34. The minimum atomic E-state index is -1.06. The van der Waals surface area contributed by atoms with Gasteiger partial charge in [0.15, 0.2) is 11.6 Å². The fourth-order valence-electron chi connectivity index (χ4n) is 5.15. The first-order valence-electron chi connectivity index (χ1n) is 13.3. The maximum atomic E-state index is 14.1. The number of allylic oxidation sites excluding steroid dienone is 1. The highest BCUT2D eigenvalue weighted by Gasteiger charge is 2.32. The van der Waals surface area contributed by atoms with Gasteiger partial charge in [0.1, 0.15) is 35.2 Å². The molecule has 1 atom stereocenters. The third-order valence-electron chi connectivity index (χ3n) is 6.97. The number of ether oxygens (including phenoxy) is 1. The van der Waals surface area contributed by atoms with Crippen molar-refractivity contribution in [2.24, 2.45) is 5.41 Å². The van der Waals surface area contributed by atoms with E-state index < -0.39 is 11.6 Å². The zero-order chi connectivity index (χ0) is 29.3. The minimum absolute atomic E-state index is 0.129. The van der Waals surface area contributed by atoms with Crippen LogP contribution in [0.15, 0.2) is 66.6 Å². The first kappa shape index (κ1) is 27.8. The molecule has 1 fully saturated rings. The molecule has 0 spiro atoms. The van der Waals surface area contributed by atoms with Crippen LogP contribution in [0.4, 0.5) is 14.6 Å². The number of nitriles is 1. The second kappa shape index (κ2) is 11.0. The summed E-state index contributed by atoms with van der Waals surface area (Å²) in [4.78, 5) is 23.8. The second-order valence-electron chi connectivity index (χ2n) is 11.2. The monoisotopic (exact) mass is 556 g/mol. The van der Waals surface area contributed by atoms with Gasteiger partial charge in [0.05, 0.1) is 11.4 Å². The van der Waals surface area contributed by atoms with Crippen molar-refractivity contribution in [3.8, 4) is 28.7 Å². The van der Waals surface area contributed by atoms with Crippen molar-refractivity contribution in [2.75, 3.05) is 12.3 Å². The topological polar surface area (TPSA) is 110 Å². The van der Waals surface area contributed by atoms with Gasteiger partial charge in [-0.05, 0) is 48.1 Å². The average Bonchev–Trinajstić information content (AvgIpc) is 3.55. The Kier molecular flexibility index (Phi) is 7.45. The molecule has 2 aromatic heterocycles. The van der Waals surface area contributed by atoms with Crippen LogP contribution in [0.5, 0.6) is 11.5 Å². The summed E-state index contributed by atoms with van der Waals surface area (Å²) in [6.07, 6.45) is 6.67. The molecule has 2 aromatic carbocycles. The SMILES string of the molecule is CC(C)(C)C=C(C#N)C(=O)N1CCC[C@@H]1Cn1cc(-c2ccc(Oc3cccc(F)c3F)cc2)c2c(N)ncnc21. The first-order valence-corrected chi connectivity index (χ1v) is 13.3. The Morgan fingerprint density at radius 3 is 2.66 bits per heavy atom. The molecule has 10 heteroatoms. The predicted molar refractivity (Wildman–Crippen MR) is 152 cm³/mol. The van der Waals surface area contributed by atoms with Crippen molar-refractivity contribution in [1.29, 1.82) is 5.26 Å². The number of nitrogens with two attached hydrogens (primary N) is 1. The normalized spacial score (nSPS) is 15.8. The highest BCUT2D eigenvalue weighted by atomic mass is 19.2. The maximum Gasteiger partial charge on any atom is 0.264 e. The number of rotatable bonds is 6. The number of likely N-dealkylation sites (tertiary alicyclic amines) is 1. The van der Waals surface area contributed by atoms with Crippen LogP contribution in [0.3, 0.4) is 0 Å². The van der Waals surface area contributed by atoms with E-state index >= 15 is 0 Å². The van der Waals surface area contributed by atoms with Gasteiger partial charge >= 0.3 is 0 Å². The molecule has 41 heavy (non-hydrogen) atoms. The van der Waals surface area contributed by atoms with Crippen LogP contribution in [0.1, 0.15) is 33.6 Å². The summed E-state index contributed by atoms with van der Waals surface area (Å²) in [5, 5.41) is 10.3. The molecule has 1 saturated heterocycles. The Hall–Kier alpha value is -4.78. The Labute approximate surface area is 236 Å². The molecule has 1 amide bonds. The summed E-state index contributed by atoms with van der Waals surface area (Å²) in [6, 6.07) is 12.6. The molecular weight excluding hydrogens is 526 g/mol. The molecule has 0 radical (unpaired) electrons. The van der Waals surface area contributed by atoms with Gasteiger partial charge in [0.2, 0.25) is 5.82 Å². The van der Waals surface area contributed by atoms with Gasteiger partial charge in [-0.3, -0.25) is 4.79 Å². The molecule has 0 saturated carbocycles. The van der Waals surface area contributed by atoms with Gasteiger partial charge in [-0.25, -0.2) is 14.4 Å². The standard InChI is InChI=1S/C31H30F2N6O2/c1-31(2,3)14-20(15-34)30(40)39-13-5-6-21(39)16-38-17-23(26-28(35)36-18-37-29(26)38)19-9-11-22(12-10-19)41-25-8-4-7-24(32)27(25)33/h4,7-12,14,17-18,21H,5-6,13,16H2,1-3H3,(H2,35,36,37)/t21-/m1/s1. The lowest BCUT2D eigenvalue weighted by atomic mass is 9.93. The van der Waals surface area contributed by atoms with E-state index in [-0.39, 0.29) is 28.7 Å². The average molecular weight is 557 g/mol. The summed E-state index contributed by atoms with van der Waals surface area (Å²) < 4.78 is 35.1. The van der Waals surface area contributed by atoms with Crippen molar-refractivity contribution < 1.29 is 18.3 Å². The second-order valence-corrected chi connectivity index (χ2v) is 11.2. The lowest BCUT2D eigenvalue weighted by Crippen LogP contribution is -2.39. The number of hydrogen-bond acceptors (Lipinski definition) is 6. The van der Waals surface area contributed by atoms with E-state index in [0.717, 1.165) is 30.0 Å². The van der Waals surface area contributed by atoms with Crippen LogP contribution in [-0.2, 0) is 11.3 Å². The van der Waals surface area contributed by atoms with E-state index in [1.54, 1.807) is 35.2 Å². The maximum absolute atomic E-state index is 14.1. The highest BCUT2D eigenvalue weighted by molar-refractivity contribution is 6.01. The Morgan fingerprint density at radius 1 is 1.20 bits per heavy atom. The molecule has 2 N–H and O–H groups in total. The van der Waals surface area contributed by atoms with Crippen molar-refractivity contribution in [3.63, 3.8) is 0 Å². The number of amides is 1. The van der Waals surface area contributed by atoms with Crippen molar-refractivity contribution in [1.82, 2.24) is 19.4 Å². The van der Waals surface area contributed by atoms with Crippen LogP contribution in [0.2, 0.25) is 0 Å². The molecule has 0 aliphatic carbocycles. The van der Waals surface area contributed by atoms with E-state index in [2.05, 4.69) is 16.0 Å². The quantitative estimate of drug-likeness (QED) is 0.222. The number of anilines is 1.